The summed E-state index contributed by atoms with van der Waals surface area (Å²) in [5.74, 6) is 1.40. The topological polar surface area (TPSA) is 94.2 Å². The van der Waals surface area contributed by atoms with Crippen LogP contribution in [0.3, 0.4) is 0 Å². The van der Waals surface area contributed by atoms with Gasteiger partial charge in [-0.25, -0.2) is 8.42 Å². The average molecular weight is 418 g/mol. The molecule has 0 spiro atoms. The molecule has 29 heavy (non-hydrogen) atoms. The second-order valence-electron chi connectivity index (χ2n) is 7.11. The van der Waals surface area contributed by atoms with E-state index in [0.717, 1.165) is 17.4 Å². The highest BCUT2D eigenvalue weighted by Crippen LogP contribution is 2.35. The molecule has 2 heterocycles. The summed E-state index contributed by atoms with van der Waals surface area (Å²) in [5.41, 5.74) is 2.23. The quantitative estimate of drug-likeness (QED) is 0.816. The Bertz CT molecular complexity index is 1050. The van der Waals surface area contributed by atoms with Crippen molar-refractivity contribution in [3.63, 3.8) is 0 Å². The number of hydrogen-bond acceptors (Lipinski definition) is 6. The number of ether oxygens (including phenoxy) is 3. The van der Waals surface area contributed by atoms with E-state index in [0.29, 0.717) is 29.5 Å². The van der Waals surface area contributed by atoms with Crippen LogP contribution in [0.25, 0.3) is 0 Å². The number of benzene rings is 2. The van der Waals surface area contributed by atoms with Crippen LogP contribution >= 0.6 is 0 Å². The van der Waals surface area contributed by atoms with Crippen molar-refractivity contribution in [2.75, 3.05) is 23.9 Å². The summed E-state index contributed by atoms with van der Waals surface area (Å²) in [6.45, 7) is 2.53. The highest BCUT2D eigenvalue weighted by Gasteiger charge is 2.31. The van der Waals surface area contributed by atoms with Crippen LogP contribution in [0.5, 0.6) is 17.2 Å². The lowest BCUT2D eigenvalue weighted by atomic mass is 10.2. The Hall–Kier alpha value is -2.94. The molecule has 0 saturated heterocycles. The molecule has 9 heteroatoms. The number of hydrogen-bond donors (Lipinski definition) is 1. The van der Waals surface area contributed by atoms with Gasteiger partial charge in [0.2, 0.25) is 16.8 Å². The molecule has 0 aliphatic carbocycles. The fourth-order valence-electron chi connectivity index (χ4n) is 3.37. The van der Waals surface area contributed by atoms with Crippen molar-refractivity contribution < 1.29 is 27.4 Å². The van der Waals surface area contributed by atoms with Gasteiger partial charge in [-0.2, -0.15) is 0 Å². The summed E-state index contributed by atoms with van der Waals surface area (Å²) in [5, 5.41) is 2.86. The van der Waals surface area contributed by atoms with E-state index in [9.17, 15) is 13.2 Å². The monoisotopic (exact) mass is 418 g/mol. The maximum Gasteiger partial charge on any atom is 0.261 e. The van der Waals surface area contributed by atoms with Crippen molar-refractivity contribution in [1.82, 2.24) is 5.32 Å². The molecule has 1 atom stereocenters. The zero-order valence-electron chi connectivity index (χ0n) is 16.2. The molecule has 1 N–H and O–H groups in total. The predicted molar refractivity (Wildman–Crippen MR) is 107 cm³/mol. The van der Waals surface area contributed by atoms with Crippen molar-refractivity contribution in [3.05, 3.63) is 47.5 Å². The van der Waals surface area contributed by atoms with Crippen molar-refractivity contribution in [1.29, 1.82) is 0 Å². The van der Waals surface area contributed by atoms with Crippen LogP contribution in [0, 0.1) is 6.92 Å². The minimum Gasteiger partial charge on any atom is -0.478 e. The van der Waals surface area contributed by atoms with E-state index in [1.54, 1.807) is 18.2 Å². The number of rotatable bonds is 4. The predicted octanol–water partition coefficient (Wildman–Crippen LogP) is 1.96. The third-order valence-electron chi connectivity index (χ3n) is 4.84. The van der Waals surface area contributed by atoms with Gasteiger partial charge in [0.05, 0.1) is 11.9 Å². The van der Waals surface area contributed by atoms with Gasteiger partial charge in [-0.15, -0.1) is 0 Å². The first kappa shape index (κ1) is 19.4. The molecule has 4 rings (SSSR count). The van der Waals surface area contributed by atoms with Crippen molar-refractivity contribution in [3.8, 4) is 17.2 Å². The molecular weight excluding hydrogens is 396 g/mol. The Kier molecular flexibility index (Phi) is 4.99. The maximum absolute atomic E-state index is 12.7. The normalized spacial score (nSPS) is 17.9. The second-order valence-corrected chi connectivity index (χ2v) is 9.01. The summed E-state index contributed by atoms with van der Waals surface area (Å²) in [4.78, 5) is 12.7. The lowest BCUT2D eigenvalue weighted by Gasteiger charge is -2.21. The number of nitrogens with one attached hydrogen (secondary N) is 1. The number of sulfonamides is 1. The summed E-state index contributed by atoms with van der Waals surface area (Å²) in [6, 6.07) is 10.8. The summed E-state index contributed by atoms with van der Waals surface area (Å²) >= 11 is 0. The fraction of sp³-hybridized carbons (Fsp3) is 0.350. The number of fused-ring (bicyclic) bond motifs is 2. The third kappa shape index (κ3) is 4.09. The Morgan fingerprint density at radius 3 is 2.69 bits per heavy atom. The first-order valence-corrected chi connectivity index (χ1v) is 11.1. The van der Waals surface area contributed by atoms with Crippen LogP contribution < -0.4 is 23.8 Å². The van der Waals surface area contributed by atoms with Gasteiger partial charge in [0.15, 0.2) is 17.6 Å². The minimum atomic E-state index is -3.49. The summed E-state index contributed by atoms with van der Waals surface area (Å²) in [6.07, 6.45) is 0.602. The first-order valence-electron chi connectivity index (χ1n) is 9.22. The molecule has 154 valence electrons. The molecule has 0 fully saturated rings. The van der Waals surface area contributed by atoms with E-state index in [1.807, 2.05) is 25.1 Å². The molecule has 1 amide bonds. The second kappa shape index (κ2) is 7.47. The number of amides is 1. The number of aryl methyl sites for hydroxylation is 1. The fourth-order valence-corrected chi connectivity index (χ4v) is 4.31. The molecule has 2 aromatic rings. The zero-order chi connectivity index (χ0) is 20.6. The van der Waals surface area contributed by atoms with Crippen LogP contribution in [0.15, 0.2) is 36.4 Å². The Morgan fingerprint density at radius 1 is 1.14 bits per heavy atom. The van der Waals surface area contributed by atoms with E-state index in [2.05, 4.69) is 5.32 Å². The lowest BCUT2D eigenvalue weighted by Crippen LogP contribution is -2.39. The Balaban J connectivity index is 1.49. The molecule has 0 bridgehead atoms. The van der Waals surface area contributed by atoms with Gasteiger partial charge in [-0.1, -0.05) is 12.1 Å². The molecular formula is C20H22N2O6S. The van der Waals surface area contributed by atoms with Crippen molar-refractivity contribution >= 4 is 21.6 Å². The van der Waals surface area contributed by atoms with Crippen LogP contribution in [-0.4, -0.2) is 40.0 Å². The van der Waals surface area contributed by atoms with Crippen LogP contribution in [0.1, 0.15) is 17.5 Å². The van der Waals surface area contributed by atoms with E-state index >= 15 is 0 Å². The number of carbonyl (C=O) groups excluding carboxylic acids is 1. The van der Waals surface area contributed by atoms with Gasteiger partial charge in [-0.05, 0) is 42.3 Å². The molecule has 0 aromatic heterocycles. The number of nitrogens with zero attached hydrogens (tertiary/aromatic N) is 1. The van der Waals surface area contributed by atoms with Crippen LogP contribution in [-0.2, 0) is 21.4 Å². The maximum atomic E-state index is 12.7. The van der Waals surface area contributed by atoms with E-state index in [4.69, 9.17) is 14.2 Å². The molecule has 0 saturated carbocycles. The minimum absolute atomic E-state index is 0.164. The summed E-state index contributed by atoms with van der Waals surface area (Å²) < 4.78 is 42.3. The smallest absolute Gasteiger partial charge is 0.261 e. The Labute approximate surface area is 169 Å². The van der Waals surface area contributed by atoms with Gasteiger partial charge in [-0.3, -0.25) is 9.10 Å². The summed E-state index contributed by atoms with van der Waals surface area (Å²) in [7, 11) is -3.49. The van der Waals surface area contributed by atoms with E-state index in [1.165, 1.54) is 4.31 Å². The molecule has 2 aromatic carbocycles. The molecule has 1 unspecified atom stereocenters. The Morgan fingerprint density at radius 2 is 1.90 bits per heavy atom. The van der Waals surface area contributed by atoms with E-state index in [-0.39, 0.29) is 25.7 Å². The first-order chi connectivity index (χ1) is 13.8. The average Bonchev–Trinajstić information content (AvgIpc) is 3.04. The molecule has 0 radical (unpaired) electrons. The van der Waals surface area contributed by atoms with Crippen molar-refractivity contribution in [2.24, 2.45) is 0 Å². The van der Waals surface area contributed by atoms with Gasteiger partial charge in [0.25, 0.3) is 5.91 Å². The van der Waals surface area contributed by atoms with Gasteiger partial charge < -0.3 is 19.5 Å². The highest BCUT2D eigenvalue weighted by molar-refractivity contribution is 7.92. The SMILES string of the molecule is Cc1ccc2c(c1)N(S(C)(=O)=O)CCC(C(=O)NCc1ccc3c(c1)OCO3)O2. The largest absolute Gasteiger partial charge is 0.478 e. The van der Waals surface area contributed by atoms with Crippen LogP contribution in [0.4, 0.5) is 5.69 Å². The van der Waals surface area contributed by atoms with Crippen LogP contribution in [0.2, 0.25) is 0 Å². The number of carbonyl (C=O) groups is 1. The third-order valence-corrected chi connectivity index (χ3v) is 6.02. The lowest BCUT2D eigenvalue weighted by molar-refractivity contribution is -0.128. The highest BCUT2D eigenvalue weighted by atomic mass is 32.2. The molecule has 2 aliphatic rings. The van der Waals surface area contributed by atoms with Gasteiger partial charge in [0.1, 0.15) is 5.75 Å². The van der Waals surface area contributed by atoms with Gasteiger partial charge in [0, 0.05) is 19.5 Å². The van der Waals surface area contributed by atoms with Gasteiger partial charge >= 0.3 is 0 Å². The number of anilines is 1. The molecule has 2 aliphatic heterocycles. The van der Waals surface area contributed by atoms with E-state index < -0.39 is 16.1 Å². The van der Waals surface area contributed by atoms with Crippen molar-refractivity contribution in [2.45, 2.75) is 26.0 Å². The molecule has 8 nitrogen and oxygen atoms in total. The standard InChI is InChI=1S/C20H22N2O6S/c1-13-3-5-16-15(9-13)22(29(2,24)25)8-7-18(28-16)20(23)21-11-14-4-6-17-19(10-14)27-12-26-17/h3-6,9-10,18H,7-8,11-12H2,1-2H3,(H,21,23). The zero-order valence-corrected chi connectivity index (χ0v) is 17.0.